The lowest BCUT2D eigenvalue weighted by Crippen LogP contribution is -2.12. The molecule has 3 aromatic carbocycles. The van der Waals surface area contributed by atoms with Gasteiger partial charge in [-0.25, -0.2) is 16.8 Å². The van der Waals surface area contributed by atoms with Crippen molar-refractivity contribution in [1.29, 1.82) is 0 Å². The van der Waals surface area contributed by atoms with Crippen LogP contribution in [-0.2, 0) is 20.0 Å². The molecule has 4 rings (SSSR count). The van der Waals surface area contributed by atoms with E-state index in [2.05, 4.69) is 9.44 Å². The largest absolute Gasteiger partial charge is 0.280 e. The number of sulfonamides is 2. The highest BCUT2D eigenvalue weighted by Gasteiger charge is 2.14. The zero-order valence-corrected chi connectivity index (χ0v) is 20.5. The minimum atomic E-state index is -3.48. The minimum absolute atomic E-state index is 0.264. The fourth-order valence-corrected chi connectivity index (χ4v) is 5.81. The molecule has 172 valence electrons. The lowest BCUT2D eigenvalue weighted by atomic mass is 10.2. The number of nitrogens with one attached hydrogen (secondary N) is 2. The van der Waals surface area contributed by atoms with Gasteiger partial charge in [0.25, 0.3) is 20.0 Å². The Labute approximate surface area is 199 Å². The van der Waals surface area contributed by atoms with Crippen LogP contribution in [0.4, 0.5) is 11.4 Å². The van der Waals surface area contributed by atoms with E-state index in [9.17, 15) is 16.8 Å². The molecule has 6 nitrogen and oxygen atoms in total. The molecule has 0 bridgehead atoms. The third kappa shape index (κ3) is 7.18. The molecule has 1 aromatic heterocycles. The summed E-state index contributed by atoms with van der Waals surface area (Å²) in [5.74, 6) is 0. The van der Waals surface area contributed by atoms with E-state index in [0.29, 0.717) is 15.6 Å². The molecule has 33 heavy (non-hydrogen) atoms. The van der Waals surface area contributed by atoms with Crippen LogP contribution >= 0.6 is 11.3 Å². The lowest BCUT2D eigenvalue weighted by molar-refractivity contribution is 0.600. The van der Waals surface area contributed by atoms with E-state index < -0.39 is 20.0 Å². The molecule has 0 aliphatic heterocycles. The average molecular weight is 501 g/mol. The first-order chi connectivity index (χ1) is 15.7. The van der Waals surface area contributed by atoms with E-state index in [1.54, 1.807) is 72.1 Å². The lowest BCUT2D eigenvalue weighted by Gasteiger charge is -2.07. The van der Waals surface area contributed by atoms with Crippen LogP contribution in [-0.4, -0.2) is 16.8 Å². The molecule has 0 fully saturated rings. The average Bonchev–Trinajstić information content (AvgIpc) is 3.34. The normalized spacial score (nSPS) is 11.2. The third-order valence-corrected chi connectivity index (χ3v) is 8.60. The van der Waals surface area contributed by atoms with Crippen LogP contribution in [0.15, 0.2) is 105 Å². The summed E-state index contributed by atoms with van der Waals surface area (Å²) in [5.41, 5.74) is 3.34. The molecule has 0 saturated carbocycles. The van der Waals surface area contributed by atoms with Gasteiger partial charge in [0.1, 0.15) is 4.21 Å². The van der Waals surface area contributed by atoms with Crippen molar-refractivity contribution < 1.29 is 16.8 Å². The third-order valence-electron chi connectivity index (χ3n) is 4.42. The Bertz CT molecular complexity index is 1370. The Balaban J connectivity index is 0.000000186. The summed E-state index contributed by atoms with van der Waals surface area (Å²) in [6.07, 6.45) is 0. The molecule has 0 atom stereocenters. The van der Waals surface area contributed by atoms with E-state index in [0.717, 1.165) is 11.1 Å². The second-order valence-corrected chi connectivity index (χ2v) is 11.7. The zero-order chi connectivity index (χ0) is 23.9. The van der Waals surface area contributed by atoms with Gasteiger partial charge >= 0.3 is 0 Å². The Hall–Kier alpha value is -3.14. The molecular formula is C24H24N2O4S3. The van der Waals surface area contributed by atoms with Crippen molar-refractivity contribution in [2.75, 3.05) is 9.44 Å². The first kappa shape index (κ1) is 24.5. The molecule has 4 aromatic rings. The summed E-state index contributed by atoms with van der Waals surface area (Å²) in [5, 5.41) is 1.74. The number of thiophene rings is 1. The number of hydrogen-bond acceptors (Lipinski definition) is 5. The fourth-order valence-electron chi connectivity index (χ4n) is 2.68. The Morgan fingerprint density at radius 1 is 0.576 bits per heavy atom. The molecule has 0 aliphatic carbocycles. The molecule has 2 N–H and O–H groups in total. The standard InChI is InChI=1S/C13H13NO2S.C11H11NO2S2/c1-11-7-9-12(10-8-11)14-17(15,16)13-5-3-2-4-6-13;1-9-4-6-10(7-5-9)12-16(13,14)11-3-2-8-15-11/h2-10,14H,1H3;2-8,12H,1H3. The van der Waals surface area contributed by atoms with E-state index in [4.69, 9.17) is 0 Å². The maximum absolute atomic E-state index is 12.0. The monoisotopic (exact) mass is 500 g/mol. The van der Waals surface area contributed by atoms with Gasteiger partial charge in [0.05, 0.1) is 4.90 Å². The number of benzene rings is 3. The number of aryl methyl sites for hydroxylation is 2. The van der Waals surface area contributed by atoms with Crippen molar-refractivity contribution in [1.82, 2.24) is 0 Å². The van der Waals surface area contributed by atoms with Crippen molar-refractivity contribution in [2.24, 2.45) is 0 Å². The minimum Gasteiger partial charge on any atom is -0.280 e. The fraction of sp³-hybridized carbons (Fsp3) is 0.0833. The highest BCUT2D eigenvalue weighted by atomic mass is 32.2. The van der Waals surface area contributed by atoms with Crippen molar-refractivity contribution in [3.8, 4) is 0 Å². The summed E-state index contributed by atoms with van der Waals surface area (Å²) in [4.78, 5) is 0.264. The van der Waals surface area contributed by atoms with Crippen LogP contribution in [0, 0.1) is 13.8 Å². The summed E-state index contributed by atoms with van der Waals surface area (Å²) in [6.45, 7) is 3.91. The summed E-state index contributed by atoms with van der Waals surface area (Å²) in [6, 6.07) is 26.1. The Morgan fingerprint density at radius 3 is 1.52 bits per heavy atom. The Kier molecular flexibility index (Phi) is 7.91. The topological polar surface area (TPSA) is 92.3 Å². The van der Waals surface area contributed by atoms with Crippen molar-refractivity contribution in [2.45, 2.75) is 23.0 Å². The smallest absolute Gasteiger partial charge is 0.271 e. The van der Waals surface area contributed by atoms with E-state index >= 15 is 0 Å². The molecule has 1 heterocycles. The molecular weight excluding hydrogens is 476 g/mol. The van der Waals surface area contributed by atoms with Crippen molar-refractivity contribution in [3.05, 3.63) is 108 Å². The number of anilines is 2. The Morgan fingerprint density at radius 2 is 1.06 bits per heavy atom. The summed E-state index contributed by atoms with van der Waals surface area (Å²) >= 11 is 1.20. The second kappa shape index (κ2) is 10.7. The van der Waals surface area contributed by atoms with Gasteiger partial charge in [-0.1, -0.05) is 59.7 Å². The van der Waals surface area contributed by atoms with Gasteiger partial charge in [0.2, 0.25) is 0 Å². The predicted octanol–water partition coefficient (Wildman–Crippen LogP) is 5.65. The molecule has 0 aliphatic rings. The van der Waals surface area contributed by atoms with Gasteiger partial charge in [0, 0.05) is 11.4 Å². The molecule has 9 heteroatoms. The van der Waals surface area contributed by atoms with Gasteiger partial charge in [-0.2, -0.15) is 0 Å². The van der Waals surface area contributed by atoms with Crippen molar-refractivity contribution in [3.63, 3.8) is 0 Å². The molecule has 0 amide bonds. The molecule has 0 saturated heterocycles. The zero-order valence-electron chi connectivity index (χ0n) is 18.1. The maximum atomic E-state index is 12.0. The van der Waals surface area contributed by atoms with Gasteiger partial charge in [-0.05, 0) is 61.7 Å². The number of rotatable bonds is 6. The van der Waals surface area contributed by atoms with Gasteiger partial charge in [0.15, 0.2) is 0 Å². The second-order valence-electron chi connectivity index (χ2n) is 7.19. The van der Waals surface area contributed by atoms with Crippen LogP contribution in [0.1, 0.15) is 11.1 Å². The predicted molar refractivity (Wildman–Crippen MR) is 135 cm³/mol. The SMILES string of the molecule is Cc1ccc(NS(=O)(=O)c2ccccc2)cc1.Cc1ccc(NS(=O)(=O)c2cccs2)cc1. The van der Waals surface area contributed by atoms with E-state index in [1.807, 2.05) is 38.1 Å². The van der Waals surface area contributed by atoms with Gasteiger partial charge in [-0.3, -0.25) is 9.44 Å². The van der Waals surface area contributed by atoms with Crippen LogP contribution < -0.4 is 9.44 Å². The summed E-state index contributed by atoms with van der Waals surface area (Å²) < 4.78 is 53.0. The molecule has 0 unspecified atom stereocenters. The van der Waals surface area contributed by atoms with E-state index in [-0.39, 0.29) is 4.90 Å². The van der Waals surface area contributed by atoms with E-state index in [1.165, 1.54) is 11.3 Å². The number of hydrogen-bond donors (Lipinski definition) is 2. The molecule has 0 radical (unpaired) electrons. The quantitative estimate of drug-likeness (QED) is 0.358. The van der Waals surface area contributed by atoms with Crippen LogP contribution in [0.3, 0.4) is 0 Å². The van der Waals surface area contributed by atoms with Crippen LogP contribution in [0.25, 0.3) is 0 Å². The first-order valence-corrected chi connectivity index (χ1v) is 13.8. The van der Waals surface area contributed by atoms with Crippen molar-refractivity contribution >= 4 is 42.8 Å². The van der Waals surface area contributed by atoms with Crippen LogP contribution in [0.2, 0.25) is 0 Å². The highest BCUT2D eigenvalue weighted by Crippen LogP contribution is 2.20. The summed E-state index contributed by atoms with van der Waals surface area (Å²) in [7, 11) is -6.89. The maximum Gasteiger partial charge on any atom is 0.271 e. The molecule has 0 spiro atoms. The van der Waals surface area contributed by atoms with Gasteiger partial charge < -0.3 is 0 Å². The highest BCUT2D eigenvalue weighted by molar-refractivity contribution is 7.94. The van der Waals surface area contributed by atoms with Crippen LogP contribution in [0.5, 0.6) is 0 Å². The van der Waals surface area contributed by atoms with Gasteiger partial charge in [-0.15, -0.1) is 11.3 Å². The first-order valence-electron chi connectivity index (χ1n) is 9.93.